The molecule has 0 aromatic rings. The maximum atomic E-state index is 12.2. The van der Waals surface area contributed by atoms with Gasteiger partial charge in [-0.3, -0.25) is 4.79 Å². The van der Waals surface area contributed by atoms with Crippen LogP contribution in [-0.4, -0.2) is 25.0 Å². The molecule has 0 saturated carbocycles. The van der Waals surface area contributed by atoms with Gasteiger partial charge in [0.05, 0.1) is 6.04 Å². The number of nitrogens with one attached hydrogen (secondary N) is 2. The summed E-state index contributed by atoms with van der Waals surface area (Å²) >= 11 is 0. The van der Waals surface area contributed by atoms with E-state index < -0.39 is 0 Å². The second-order valence-corrected chi connectivity index (χ2v) is 6.57. The Balaban J connectivity index is 2.39. The van der Waals surface area contributed by atoms with Gasteiger partial charge >= 0.3 is 0 Å². The number of hydrogen-bond acceptors (Lipinski definition) is 2. The standard InChI is InChI=1S/C15H30N2O/c1-12(2)15(3,4)11-17-14(18)13-9-7-5-6-8-10-16-13/h12-13,16H,5-11H2,1-4H3,(H,17,18). The van der Waals surface area contributed by atoms with E-state index in [0.29, 0.717) is 5.92 Å². The van der Waals surface area contributed by atoms with Gasteiger partial charge in [-0.1, -0.05) is 47.0 Å². The fourth-order valence-corrected chi connectivity index (χ4v) is 2.07. The van der Waals surface area contributed by atoms with Gasteiger partial charge in [0.25, 0.3) is 0 Å². The normalized spacial score (nSPS) is 22.4. The summed E-state index contributed by atoms with van der Waals surface area (Å²) in [6.45, 7) is 10.6. The van der Waals surface area contributed by atoms with Crippen molar-refractivity contribution in [1.82, 2.24) is 10.6 Å². The topological polar surface area (TPSA) is 41.1 Å². The summed E-state index contributed by atoms with van der Waals surface area (Å²) in [5.74, 6) is 0.758. The molecule has 1 unspecified atom stereocenters. The monoisotopic (exact) mass is 254 g/mol. The molecule has 1 amide bonds. The van der Waals surface area contributed by atoms with E-state index in [2.05, 4.69) is 38.3 Å². The Bertz CT molecular complexity index is 253. The van der Waals surface area contributed by atoms with E-state index in [1.807, 2.05) is 0 Å². The fraction of sp³-hybridized carbons (Fsp3) is 0.933. The molecule has 106 valence electrons. The summed E-state index contributed by atoms with van der Waals surface area (Å²) in [6.07, 6.45) is 5.90. The molecular formula is C15H30N2O. The van der Waals surface area contributed by atoms with Crippen LogP contribution < -0.4 is 10.6 Å². The van der Waals surface area contributed by atoms with Crippen LogP contribution in [0.4, 0.5) is 0 Å². The van der Waals surface area contributed by atoms with Gasteiger partial charge in [-0.2, -0.15) is 0 Å². The van der Waals surface area contributed by atoms with Crippen LogP contribution in [-0.2, 0) is 4.79 Å². The highest BCUT2D eigenvalue weighted by Crippen LogP contribution is 2.24. The first kappa shape index (κ1) is 15.5. The average Bonchev–Trinajstić information content (AvgIpc) is 2.25. The molecule has 0 spiro atoms. The Morgan fingerprint density at radius 3 is 2.61 bits per heavy atom. The summed E-state index contributed by atoms with van der Waals surface area (Å²) < 4.78 is 0. The minimum atomic E-state index is 0.0215. The SMILES string of the molecule is CC(C)C(C)(C)CNC(=O)C1CCCCCCN1. The summed E-state index contributed by atoms with van der Waals surface area (Å²) in [4.78, 5) is 12.2. The van der Waals surface area contributed by atoms with Gasteiger partial charge in [0, 0.05) is 6.54 Å². The first-order valence-electron chi connectivity index (χ1n) is 7.44. The predicted molar refractivity (Wildman–Crippen MR) is 76.5 cm³/mol. The molecule has 1 aliphatic rings. The number of carbonyl (C=O) groups excluding carboxylic acids is 1. The van der Waals surface area contributed by atoms with Gasteiger partial charge in [-0.25, -0.2) is 0 Å². The first-order valence-corrected chi connectivity index (χ1v) is 7.44. The molecule has 2 N–H and O–H groups in total. The Morgan fingerprint density at radius 1 is 1.28 bits per heavy atom. The molecule has 1 saturated heterocycles. The van der Waals surface area contributed by atoms with Crippen molar-refractivity contribution in [2.24, 2.45) is 11.3 Å². The summed E-state index contributed by atoms with van der Waals surface area (Å²) in [5.41, 5.74) is 0.164. The zero-order chi connectivity index (χ0) is 13.6. The molecule has 1 rings (SSSR count). The van der Waals surface area contributed by atoms with Gasteiger partial charge < -0.3 is 10.6 Å². The molecule has 18 heavy (non-hydrogen) atoms. The van der Waals surface area contributed by atoms with Crippen molar-refractivity contribution in [3.8, 4) is 0 Å². The minimum Gasteiger partial charge on any atom is -0.354 e. The van der Waals surface area contributed by atoms with Gasteiger partial charge in [-0.05, 0) is 30.7 Å². The van der Waals surface area contributed by atoms with Crippen LogP contribution in [0.15, 0.2) is 0 Å². The summed E-state index contributed by atoms with van der Waals surface area (Å²) in [6, 6.07) is 0.0215. The Hall–Kier alpha value is -0.570. The molecule has 1 heterocycles. The Kier molecular flexibility index (Phi) is 6.13. The van der Waals surface area contributed by atoms with Gasteiger partial charge in [-0.15, -0.1) is 0 Å². The van der Waals surface area contributed by atoms with Gasteiger partial charge in [0.2, 0.25) is 5.91 Å². The molecule has 0 radical (unpaired) electrons. The lowest BCUT2D eigenvalue weighted by Crippen LogP contribution is -2.48. The van der Waals surface area contributed by atoms with Crippen LogP contribution in [0, 0.1) is 11.3 Å². The zero-order valence-electron chi connectivity index (χ0n) is 12.5. The number of hydrogen-bond donors (Lipinski definition) is 2. The molecule has 1 aliphatic heterocycles. The van der Waals surface area contributed by atoms with Crippen LogP contribution in [0.2, 0.25) is 0 Å². The fourth-order valence-electron chi connectivity index (χ4n) is 2.07. The van der Waals surface area contributed by atoms with E-state index in [1.165, 1.54) is 25.7 Å². The molecular weight excluding hydrogens is 224 g/mol. The Morgan fingerprint density at radius 2 is 1.94 bits per heavy atom. The lowest BCUT2D eigenvalue weighted by atomic mass is 9.81. The molecule has 1 atom stereocenters. The predicted octanol–water partition coefficient (Wildman–Crippen LogP) is 2.71. The van der Waals surface area contributed by atoms with E-state index in [1.54, 1.807) is 0 Å². The van der Waals surface area contributed by atoms with Crippen LogP contribution in [0.3, 0.4) is 0 Å². The number of rotatable bonds is 4. The van der Waals surface area contributed by atoms with Crippen LogP contribution in [0.5, 0.6) is 0 Å². The van der Waals surface area contributed by atoms with E-state index in [-0.39, 0.29) is 17.4 Å². The third kappa shape index (κ3) is 4.97. The largest absolute Gasteiger partial charge is 0.354 e. The molecule has 0 aromatic carbocycles. The van der Waals surface area contributed by atoms with Crippen molar-refractivity contribution in [1.29, 1.82) is 0 Å². The Labute approximate surface area is 112 Å². The number of amides is 1. The second-order valence-electron chi connectivity index (χ2n) is 6.57. The van der Waals surface area contributed by atoms with Crippen LogP contribution in [0.1, 0.15) is 59.8 Å². The van der Waals surface area contributed by atoms with Crippen molar-refractivity contribution in [2.75, 3.05) is 13.1 Å². The molecule has 3 heteroatoms. The third-order valence-corrected chi connectivity index (χ3v) is 4.41. The van der Waals surface area contributed by atoms with Crippen molar-refractivity contribution >= 4 is 5.91 Å². The van der Waals surface area contributed by atoms with Crippen molar-refractivity contribution in [2.45, 2.75) is 65.8 Å². The van der Waals surface area contributed by atoms with Crippen LogP contribution >= 0.6 is 0 Å². The zero-order valence-corrected chi connectivity index (χ0v) is 12.5. The van der Waals surface area contributed by atoms with Gasteiger partial charge in [0.15, 0.2) is 0 Å². The highest BCUT2D eigenvalue weighted by atomic mass is 16.2. The van der Waals surface area contributed by atoms with Crippen molar-refractivity contribution < 1.29 is 4.79 Å². The molecule has 1 fully saturated rings. The molecule has 3 nitrogen and oxygen atoms in total. The molecule has 0 bridgehead atoms. The average molecular weight is 254 g/mol. The molecule has 0 aliphatic carbocycles. The lowest BCUT2D eigenvalue weighted by molar-refractivity contribution is -0.124. The van der Waals surface area contributed by atoms with Crippen LogP contribution in [0.25, 0.3) is 0 Å². The lowest BCUT2D eigenvalue weighted by Gasteiger charge is -2.30. The summed E-state index contributed by atoms with van der Waals surface area (Å²) in [5, 5.41) is 6.50. The smallest absolute Gasteiger partial charge is 0.237 e. The second kappa shape index (κ2) is 7.13. The molecule has 0 aromatic heterocycles. The third-order valence-electron chi connectivity index (χ3n) is 4.41. The highest BCUT2D eigenvalue weighted by molar-refractivity contribution is 5.81. The summed E-state index contributed by atoms with van der Waals surface area (Å²) in [7, 11) is 0. The van der Waals surface area contributed by atoms with Crippen molar-refractivity contribution in [3.63, 3.8) is 0 Å². The highest BCUT2D eigenvalue weighted by Gasteiger charge is 2.25. The van der Waals surface area contributed by atoms with E-state index in [0.717, 1.165) is 19.5 Å². The quantitative estimate of drug-likeness (QED) is 0.810. The maximum Gasteiger partial charge on any atom is 0.237 e. The van der Waals surface area contributed by atoms with Crippen molar-refractivity contribution in [3.05, 3.63) is 0 Å². The minimum absolute atomic E-state index is 0.0215. The first-order chi connectivity index (χ1) is 8.43. The maximum absolute atomic E-state index is 12.2. The van der Waals surface area contributed by atoms with E-state index in [4.69, 9.17) is 0 Å². The number of carbonyl (C=O) groups is 1. The van der Waals surface area contributed by atoms with Gasteiger partial charge in [0.1, 0.15) is 0 Å². The van der Waals surface area contributed by atoms with E-state index in [9.17, 15) is 4.79 Å². The van der Waals surface area contributed by atoms with E-state index >= 15 is 0 Å².